The molecule has 0 unspecified atom stereocenters. The van der Waals surface area contributed by atoms with Crippen molar-refractivity contribution in [2.75, 3.05) is 6.61 Å². The second-order valence-corrected chi connectivity index (χ2v) is 5.72. The van der Waals surface area contributed by atoms with Crippen molar-refractivity contribution in [1.82, 2.24) is 0 Å². The number of hydrogen-bond acceptors (Lipinski definition) is 4. The Bertz CT molecular complexity index is 565. The van der Waals surface area contributed by atoms with Crippen LogP contribution in [0.1, 0.15) is 33.1 Å². The van der Waals surface area contributed by atoms with Gasteiger partial charge >= 0.3 is 11.9 Å². The van der Waals surface area contributed by atoms with Crippen molar-refractivity contribution in [1.29, 1.82) is 0 Å². The zero-order valence-electron chi connectivity index (χ0n) is 12.5. The molecule has 1 rings (SSSR count). The molecular formula is C16H18BrFO4. The standard InChI is InChI=1S/C16H18BrFO4/c1-11(2)8-9-21-15(19)4-3-5-16(20)22-14-7-6-12(18)10-13(14)17/h6-8,10H,3-5,9H2,1-2H3. The van der Waals surface area contributed by atoms with Crippen molar-refractivity contribution in [2.45, 2.75) is 33.1 Å². The van der Waals surface area contributed by atoms with Gasteiger partial charge in [-0.1, -0.05) is 5.57 Å². The summed E-state index contributed by atoms with van der Waals surface area (Å²) in [6.07, 6.45) is 2.38. The number of rotatable bonds is 7. The van der Waals surface area contributed by atoms with Gasteiger partial charge in [-0.15, -0.1) is 0 Å². The van der Waals surface area contributed by atoms with Crippen molar-refractivity contribution >= 4 is 27.9 Å². The van der Waals surface area contributed by atoms with Crippen LogP contribution in [0.3, 0.4) is 0 Å². The molecule has 0 aromatic heterocycles. The molecule has 0 atom stereocenters. The van der Waals surface area contributed by atoms with Crippen LogP contribution < -0.4 is 4.74 Å². The largest absolute Gasteiger partial charge is 0.461 e. The molecule has 0 aliphatic carbocycles. The third-order valence-corrected chi connectivity index (χ3v) is 3.24. The Morgan fingerprint density at radius 2 is 1.91 bits per heavy atom. The van der Waals surface area contributed by atoms with Crippen LogP contribution in [-0.2, 0) is 14.3 Å². The van der Waals surface area contributed by atoms with Gasteiger partial charge in [0.1, 0.15) is 18.2 Å². The van der Waals surface area contributed by atoms with Crippen molar-refractivity contribution in [3.8, 4) is 5.75 Å². The maximum atomic E-state index is 12.9. The SMILES string of the molecule is CC(C)=CCOC(=O)CCCC(=O)Oc1ccc(F)cc1Br. The van der Waals surface area contributed by atoms with E-state index in [1.54, 1.807) is 6.08 Å². The molecule has 6 heteroatoms. The van der Waals surface area contributed by atoms with E-state index < -0.39 is 11.8 Å². The van der Waals surface area contributed by atoms with Crippen LogP contribution in [0, 0.1) is 5.82 Å². The van der Waals surface area contributed by atoms with E-state index in [2.05, 4.69) is 15.9 Å². The monoisotopic (exact) mass is 372 g/mol. The number of carbonyl (C=O) groups excluding carboxylic acids is 2. The summed E-state index contributed by atoms with van der Waals surface area (Å²) in [6, 6.07) is 3.78. The summed E-state index contributed by atoms with van der Waals surface area (Å²) in [5.41, 5.74) is 1.07. The first-order valence-corrected chi connectivity index (χ1v) is 7.62. The summed E-state index contributed by atoms with van der Waals surface area (Å²) in [5.74, 6) is -1.01. The number of halogens is 2. The third kappa shape index (κ3) is 7.36. The maximum absolute atomic E-state index is 12.9. The highest BCUT2D eigenvalue weighted by molar-refractivity contribution is 9.10. The fourth-order valence-corrected chi connectivity index (χ4v) is 1.91. The van der Waals surface area contributed by atoms with Crippen LogP contribution >= 0.6 is 15.9 Å². The van der Waals surface area contributed by atoms with Gasteiger partial charge in [-0.3, -0.25) is 9.59 Å². The highest BCUT2D eigenvalue weighted by Crippen LogP contribution is 2.25. The van der Waals surface area contributed by atoms with Gasteiger partial charge in [0, 0.05) is 12.8 Å². The Kier molecular flexibility index (Phi) is 7.80. The Balaban J connectivity index is 2.28. The van der Waals surface area contributed by atoms with Gasteiger partial charge in [0.2, 0.25) is 0 Å². The lowest BCUT2D eigenvalue weighted by Gasteiger charge is -2.06. The molecule has 0 saturated heterocycles. The quantitative estimate of drug-likeness (QED) is 0.409. The fourth-order valence-electron chi connectivity index (χ4n) is 1.48. The molecule has 0 saturated carbocycles. The van der Waals surface area contributed by atoms with Crippen LogP contribution in [0.15, 0.2) is 34.3 Å². The second kappa shape index (κ2) is 9.35. The predicted molar refractivity (Wildman–Crippen MR) is 84.0 cm³/mol. The summed E-state index contributed by atoms with van der Waals surface area (Å²) in [7, 11) is 0. The highest BCUT2D eigenvalue weighted by atomic mass is 79.9. The van der Waals surface area contributed by atoms with E-state index >= 15 is 0 Å². The molecule has 0 N–H and O–H groups in total. The minimum Gasteiger partial charge on any atom is -0.461 e. The van der Waals surface area contributed by atoms with Crippen molar-refractivity contribution in [3.63, 3.8) is 0 Å². The van der Waals surface area contributed by atoms with Crippen LogP contribution in [0.25, 0.3) is 0 Å². The summed E-state index contributed by atoms with van der Waals surface area (Å²) < 4.78 is 23.3. The average molecular weight is 373 g/mol. The molecule has 0 heterocycles. The third-order valence-electron chi connectivity index (χ3n) is 2.62. The molecule has 0 spiro atoms. The lowest BCUT2D eigenvalue weighted by atomic mass is 10.2. The first kappa shape index (κ1) is 18.4. The van der Waals surface area contributed by atoms with Crippen molar-refractivity contribution in [2.24, 2.45) is 0 Å². The van der Waals surface area contributed by atoms with E-state index in [0.717, 1.165) is 5.57 Å². The van der Waals surface area contributed by atoms with Gasteiger partial charge in [-0.2, -0.15) is 0 Å². The molecule has 0 fully saturated rings. The zero-order chi connectivity index (χ0) is 16.5. The minimum atomic E-state index is -0.482. The van der Waals surface area contributed by atoms with Crippen molar-refractivity contribution < 1.29 is 23.5 Å². The van der Waals surface area contributed by atoms with Gasteiger partial charge in [-0.05, 0) is 60.5 Å². The summed E-state index contributed by atoms with van der Waals surface area (Å²) >= 11 is 3.11. The number of ether oxygens (including phenoxy) is 2. The number of allylic oxidation sites excluding steroid dienone is 1. The van der Waals surface area contributed by atoms with E-state index in [0.29, 0.717) is 10.9 Å². The number of hydrogen-bond donors (Lipinski definition) is 0. The normalized spacial score (nSPS) is 10.0. The van der Waals surface area contributed by atoms with Crippen LogP contribution in [0.2, 0.25) is 0 Å². The molecule has 0 amide bonds. The number of carbonyl (C=O) groups is 2. The van der Waals surface area contributed by atoms with E-state index in [-0.39, 0.29) is 31.2 Å². The molecule has 22 heavy (non-hydrogen) atoms. The van der Waals surface area contributed by atoms with Gasteiger partial charge in [0.15, 0.2) is 0 Å². The molecular weight excluding hydrogens is 355 g/mol. The van der Waals surface area contributed by atoms with Gasteiger partial charge < -0.3 is 9.47 Å². The van der Waals surface area contributed by atoms with Crippen LogP contribution in [-0.4, -0.2) is 18.5 Å². The molecule has 0 aliphatic heterocycles. The summed E-state index contributed by atoms with van der Waals surface area (Å²) in [4.78, 5) is 23.0. The van der Waals surface area contributed by atoms with E-state index in [4.69, 9.17) is 9.47 Å². The van der Waals surface area contributed by atoms with Crippen LogP contribution in [0.5, 0.6) is 5.75 Å². The Morgan fingerprint density at radius 1 is 1.23 bits per heavy atom. The first-order valence-electron chi connectivity index (χ1n) is 6.83. The fraction of sp³-hybridized carbons (Fsp3) is 0.375. The molecule has 0 bridgehead atoms. The second-order valence-electron chi connectivity index (χ2n) is 4.87. The molecule has 4 nitrogen and oxygen atoms in total. The Hall–Kier alpha value is -1.69. The van der Waals surface area contributed by atoms with E-state index in [1.807, 2.05) is 13.8 Å². The molecule has 0 aliphatic rings. The topological polar surface area (TPSA) is 52.6 Å². The van der Waals surface area contributed by atoms with Gasteiger partial charge in [0.05, 0.1) is 4.47 Å². The van der Waals surface area contributed by atoms with E-state index in [9.17, 15) is 14.0 Å². The maximum Gasteiger partial charge on any atom is 0.311 e. The number of benzene rings is 1. The molecule has 0 radical (unpaired) electrons. The lowest BCUT2D eigenvalue weighted by molar-refractivity contribution is -0.142. The number of esters is 2. The minimum absolute atomic E-state index is 0.0849. The lowest BCUT2D eigenvalue weighted by Crippen LogP contribution is -2.10. The molecule has 120 valence electrons. The highest BCUT2D eigenvalue weighted by Gasteiger charge is 2.10. The average Bonchev–Trinajstić information content (AvgIpc) is 2.41. The summed E-state index contributed by atoms with van der Waals surface area (Å²) in [6.45, 7) is 4.07. The van der Waals surface area contributed by atoms with E-state index in [1.165, 1.54) is 18.2 Å². The Morgan fingerprint density at radius 3 is 2.55 bits per heavy atom. The molecule has 1 aromatic carbocycles. The van der Waals surface area contributed by atoms with Crippen molar-refractivity contribution in [3.05, 3.63) is 40.1 Å². The smallest absolute Gasteiger partial charge is 0.311 e. The Labute approximate surface area is 137 Å². The van der Waals surface area contributed by atoms with Gasteiger partial charge in [0.25, 0.3) is 0 Å². The van der Waals surface area contributed by atoms with Gasteiger partial charge in [-0.25, -0.2) is 4.39 Å². The zero-order valence-corrected chi connectivity index (χ0v) is 14.1. The molecule has 1 aromatic rings. The predicted octanol–water partition coefficient (Wildman–Crippen LogP) is 4.17. The van der Waals surface area contributed by atoms with Crippen LogP contribution in [0.4, 0.5) is 4.39 Å². The first-order chi connectivity index (χ1) is 10.4. The summed E-state index contributed by atoms with van der Waals surface area (Å²) in [5, 5.41) is 0.